The molecule has 0 spiro atoms. The minimum absolute atomic E-state index is 0.0766. The summed E-state index contributed by atoms with van der Waals surface area (Å²) in [7, 11) is 0. The molecule has 1 aromatic carbocycles. The van der Waals surface area contributed by atoms with Crippen LogP contribution in [0.5, 0.6) is 0 Å². The molecule has 0 amide bonds. The van der Waals surface area contributed by atoms with Crippen molar-refractivity contribution in [1.29, 1.82) is 0 Å². The third-order valence-corrected chi connectivity index (χ3v) is 2.61. The number of hydrogen-bond donors (Lipinski definition) is 1. The summed E-state index contributed by atoms with van der Waals surface area (Å²) in [6, 6.07) is 9.66. The van der Waals surface area contributed by atoms with Crippen molar-refractivity contribution < 1.29 is 19.4 Å². The maximum atomic E-state index is 10.5. The molecule has 0 heterocycles. The maximum absolute atomic E-state index is 10.5. The van der Waals surface area contributed by atoms with Gasteiger partial charge in [-0.1, -0.05) is 30.3 Å². The first-order chi connectivity index (χ1) is 8.15. The quantitative estimate of drug-likeness (QED) is 0.774. The normalized spacial score (nSPS) is 14.0. The minimum Gasteiger partial charge on any atom is -0.450 e. The summed E-state index contributed by atoms with van der Waals surface area (Å²) < 4.78 is 10.2. The van der Waals surface area contributed by atoms with Gasteiger partial charge in [0.25, 0.3) is 0 Å². The molecule has 17 heavy (non-hydrogen) atoms. The molecule has 0 aliphatic heterocycles. The lowest BCUT2D eigenvalue weighted by atomic mass is 9.95. The van der Waals surface area contributed by atoms with Crippen molar-refractivity contribution in [2.75, 3.05) is 13.2 Å². The Morgan fingerprint density at radius 3 is 2.53 bits per heavy atom. The molecule has 0 saturated carbocycles. The molecule has 94 valence electrons. The van der Waals surface area contributed by atoms with Gasteiger partial charge in [0.1, 0.15) is 6.61 Å². The highest BCUT2D eigenvalue weighted by atomic mass is 16.7. The molecule has 4 heteroatoms. The third kappa shape index (κ3) is 4.44. The van der Waals surface area contributed by atoms with Crippen LogP contribution in [0, 0.1) is 0 Å². The fraction of sp³-hybridized carbons (Fsp3) is 0.462. The molecule has 1 aromatic rings. The van der Waals surface area contributed by atoms with Crippen molar-refractivity contribution in [2.24, 2.45) is 0 Å². The lowest BCUT2D eigenvalue weighted by molar-refractivity contribution is 0.0239. The number of carbonyl (C=O) groups is 1. The Kier molecular flexibility index (Phi) is 5.49. The third-order valence-electron chi connectivity index (χ3n) is 2.61. The summed E-state index contributed by atoms with van der Waals surface area (Å²) in [6.07, 6.45) is -1.34. The molecule has 0 saturated heterocycles. The molecule has 0 fully saturated rings. The van der Waals surface area contributed by atoms with E-state index < -0.39 is 6.16 Å². The van der Waals surface area contributed by atoms with Gasteiger partial charge in [-0.15, -0.1) is 0 Å². The average Bonchev–Trinajstić information content (AvgIpc) is 2.30. The van der Waals surface area contributed by atoms with E-state index in [1.54, 1.807) is 0 Å². The molecule has 0 aromatic heterocycles. The molecule has 1 rings (SSSR count). The van der Waals surface area contributed by atoms with Crippen LogP contribution in [0.3, 0.4) is 0 Å². The van der Waals surface area contributed by atoms with Crippen LogP contribution in [-0.4, -0.2) is 30.6 Å². The number of rotatable bonds is 6. The molecule has 1 N–H and O–H groups in total. The Morgan fingerprint density at radius 2 is 2.00 bits per heavy atom. The van der Waals surface area contributed by atoms with E-state index in [0.717, 1.165) is 5.56 Å². The van der Waals surface area contributed by atoms with Gasteiger partial charge < -0.3 is 14.6 Å². The number of carboxylic acid groups (broad SMARTS) is 1. The predicted molar refractivity (Wildman–Crippen MR) is 64.2 cm³/mol. The molecule has 0 aliphatic rings. The first-order valence-corrected chi connectivity index (χ1v) is 5.67. The van der Waals surface area contributed by atoms with E-state index in [9.17, 15) is 4.79 Å². The van der Waals surface area contributed by atoms with E-state index in [0.29, 0.717) is 6.61 Å². The van der Waals surface area contributed by atoms with Crippen LogP contribution in [0.15, 0.2) is 30.3 Å². The maximum Gasteiger partial charge on any atom is 0.505 e. The molecule has 0 radical (unpaired) electrons. The van der Waals surface area contributed by atoms with Crippen molar-refractivity contribution in [3.8, 4) is 0 Å². The van der Waals surface area contributed by atoms with E-state index in [1.165, 1.54) is 0 Å². The van der Waals surface area contributed by atoms with E-state index in [4.69, 9.17) is 9.84 Å². The fourth-order valence-electron chi connectivity index (χ4n) is 1.74. The lowest BCUT2D eigenvalue weighted by Crippen LogP contribution is -2.24. The van der Waals surface area contributed by atoms with Gasteiger partial charge in [-0.05, 0) is 19.4 Å². The van der Waals surface area contributed by atoms with Gasteiger partial charge in [-0.2, -0.15) is 0 Å². The van der Waals surface area contributed by atoms with Crippen LogP contribution in [0.25, 0.3) is 0 Å². The summed E-state index contributed by atoms with van der Waals surface area (Å²) in [5.74, 6) is -0.0766. The van der Waals surface area contributed by atoms with Crippen LogP contribution in [0.1, 0.15) is 25.3 Å². The first-order valence-electron chi connectivity index (χ1n) is 5.67. The van der Waals surface area contributed by atoms with E-state index in [1.807, 2.05) is 44.2 Å². The van der Waals surface area contributed by atoms with E-state index in [2.05, 4.69) is 4.74 Å². The lowest BCUT2D eigenvalue weighted by Gasteiger charge is -2.23. The van der Waals surface area contributed by atoms with Crippen molar-refractivity contribution in [1.82, 2.24) is 0 Å². The summed E-state index contributed by atoms with van der Waals surface area (Å²) in [5, 5.41) is 8.56. The van der Waals surface area contributed by atoms with Gasteiger partial charge in [0.2, 0.25) is 0 Å². The highest BCUT2D eigenvalue weighted by molar-refractivity contribution is 5.56. The zero-order valence-electron chi connectivity index (χ0n) is 10.1. The average molecular weight is 238 g/mol. The molecule has 2 atom stereocenters. The second kappa shape index (κ2) is 6.91. The van der Waals surface area contributed by atoms with Gasteiger partial charge in [0.05, 0.1) is 6.10 Å². The van der Waals surface area contributed by atoms with Crippen molar-refractivity contribution >= 4 is 6.16 Å². The van der Waals surface area contributed by atoms with Crippen molar-refractivity contribution in [3.63, 3.8) is 0 Å². The molecule has 4 nitrogen and oxygen atoms in total. The Labute approximate surface area is 101 Å². The summed E-state index contributed by atoms with van der Waals surface area (Å²) in [5.41, 5.74) is 1.02. The molecule has 0 bridgehead atoms. The van der Waals surface area contributed by atoms with Gasteiger partial charge in [-0.3, -0.25) is 0 Å². The summed E-state index contributed by atoms with van der Waals surface area (Å²) >= 11 is 0. The second-order valence-corrected chi connectivity index (χ2v) is 3.75. The molecule has 0 aliphatic carbocycles. The van der Waals surface area contributed by atoms with Gasteiger partial charge in [-0.25, -0.2) is 4.79 Å². The van der Waals surface area contributed by atoms with Crippen LogP contribution in [0.4, 0.5) is 4.79 Å². The van der Waals surface area contributed by atoms with Crippen molar-refractivity contribution in [3.05, 3.63) is 35.9 Å². The van der Waals surface area contributed by atoms with E-state index >= 15 is 0 Å². The Hall–Kier alpha value is -1.55. The number of ether oxygens (including phenoxy) is 2. The SMILES string of the molecule is CCOC(C)C(COC(=O)O)c1ccccc1. The molecule has 2 unspecified atom stereocenters. The topological polar surface area (TPSA) is 55.8 Å². The van der Waals surface area contributed by atoms with Crippen LogP contribution in [-0.2, 0) is 9.47 Å². The van der Waals surface area contributed by atoms with Gasteiger partial charge in [0.15, 0.2) is 0 Å². The Bertz CT molecular complexity index is 337. The van der Waals surface area contributed by atoms with Gasteiger partial charge >= 0.3 is 6.16 Å². The molecular formula is C13H18O4. The highest BCUT2D eigenvalue weighted by Gasteiger charge is 2.21. The zero-order chi connectivity index (χ0) is 12.7. The minimum atomic E-state index is -1.25. The standard InChI is InChI=1S/C13H18O4/c1-3-16-10(2)12(9-17-13(14)15)11-7-5-4-6-8-11/h4-8,10,12H,3,9H2,1-2H3,(H,14,15). The number of hydrogen-bond acceptors (Lipinski definition) is 3. The Morgan fingerprint density at radius 1 is 1.35 bits per heavy atom. The smallest absolute Gasteiger partial charge is 0.450 e. The largest absolute Gasteiger partial charge is 0.505 e. The molecular weight excluding hydrogens is 220 g/mol. The van der Waals surface area contributed by atoms with Gasteiger partial charge in [0, 0.05) is 12.5 Å². The summed E-state index contributed by atoms with van der Waals surface area (Å²) in [4.78, 5) is 10.5. The Balaban J connectivity index is 2.75. The predicted octanol–water partition coefficient (Wildman–Crippen LogP) is 2.89. The van der Waals surface area contributed by atoms with Crippen LogP contribution in [0.2, 0.25) is 0 Å². The number of benzene rings is 1. The fourth-order valence-corrected chi connectivity index (χ4v) is 1.74. The summed E-state index contributed by atoms with van der Waals surface area (Å²) in [6.45, 7) is 4.54. The van der Waals surface area contributed by atoms with Crippen LogP contribution < -0.4 is 0 Å². The zero-order valence-corrected chi connectivity index (χ0v) is 10.1. The second-order valence-electron chi connectivity index (χ2n) is 3.75. The van der Waals surface area contributed by atoms with Crippen LogP contribution >= 0.6 is 0 Å². The monoisotopic (exact) mass is 238 g/mol. The van der Waals surface area contributed by atoms with E-state index in [-0.39, 0.29) is 18.6 Å². The van der Waals surface area contributed by atoms with Crippen molar-refractivity contribution in [2.45, 2.75) is 25.9 Å². The highest BCUT2D eigenvalue weighted by Crippen LogP contribution is 2.22. The first kappa shape index (κ1) is 13.5.